The molecule has 2 unspecified atom stereocenters. The van der Waals surface area contributed by atoms with Crippen LogP contribution in [0.4, 0.5) is 0 Å². The molecule has 158 valence electrons. The first-order chi connectivity index (χ1) is 14.5. The van der Waals surface area contributed by atoms with Gasteiger partial charge in [0.2, 0.25) is 0 Å². The van der Waals surface area contributed by atoms with Crippen molar-refractivity contribution in [2.24, 2.45) is 0 Å². The number of hydrogen-bond donors (Lipinski definition) is 4. The second kappa shape index (κ2) is 9.04. The van der Waals surface area contributed by atoms with Crippen molar-refractivity contribution in [2.45, 2.75) is 45.6 Å². The van der Waals surface area contributed by atoms with Gasteiger partial charge in [0.1, 0.15) is 11.9 Å². The van der Waals surface area contributed by atoms with Crippen molar-refractivity contribution in [1.29, 1.82) is 0 Å². The number of nitrogens with one attached hydrogen (secondary N) is 2. The minimum atomic E-state index is -0.873. The van der Waals surface area contributed by atoms with Gasteiger partial charge in [0.25, 0.3) is 5.70 Å². The highest BCUT2D eigenvalue weighted by molar-refractivity contribution is 5.93. The van der Waals surface area contributed by atoms with Crippen LogP contribution in [0.5, 0.6) is 0 Å². The van der Waals surface area contributed by atoms with E-state index in [1.165, 1.54) is 7.11 Å². The van der Waals surface area contributed by atoms with E-state index in [1.54, 1.807) is 29.5 Å². The van der Waals surface area contributed by atoms with Crippen LogP contribution in [-0.4, -0.2) is 38.6 Å². The summed E-state index contributed by atoms with van der Waals surface area (Å²) in [7, 11) is 1.52. The van der Waals surface area contributed by atoms with E-state index in [0.29, 0.717) is 24.2 Å². The van der Waals surface area contributed by atoms with Crippen LogP contribution in [0.15, 0.2) is 35.4 Å². The average Bonchev–Trinajstić information content (AvgIpc) is 2.92. The molecule has 0 fully saturated rings. The fraction of sp³-hybridized carbons (Fsp3) is 0.364. The number of H-pyrrole nitrogens is 1. The number of aliphatic hydroxyl groups excluding tert-OH is 2. The quantitative estimate of drug-likeness (QED) is 0.616. The van der Waals surface area contributed by atoms with E-state index in [1.807, 2.05) is 26.8 Å². The molecule has 0 aromatic carbocycles. The topological polar surface area (TPSA) is 122 Å². The molecule has 0 spiro atoms. The Kier molecular flexibility index (Phi) is 6.47. The Morgan fingerprint density at radius 1 is 1.30 bits per heavy atom. The number of aromatic amines is 1. The summed E-state index contributed by atoms with van der Waals surface area (Å²) in [5, 5.41) is 30.3. The standard InChI is InChI=1S/C20H20N4O4.C2H6/c1-10-18-13-9-17(28-2)16(26)7-6-12(13)19(21-20(18)23-22-10)11-4-3-5-15(25)14(8-11)24-27;1-2/h5-9,11,16,25-26H,3-4H2,1-2H3,(H,21,22,23);1-2H3/p+1. The Bertz CT molecular complexity index is 1080. The van der Waals surface area contributed by atoms with Crippen molar-refractivity contribution in [2.75, 3.05) is 7.11 Å². The minimum absolute atomic E-state index is 0.0622. The summed E-state index contributed by atoms with van der Waals surface area (Å²) < 4.78 is 5.36. The molecule has 0 saturated carbocycles. The number of methoxy groups -OCH3 is 1. The number of pyridine rings is 1. The lowest BCUT2D eigenvalue weighted by atomic mass is 9.91. The van der Waals surface area contributed by atoms with Crippen molar-refractivity contribution >= 4 is 23.2 Å². The number of nitrogens with zero attached hydrogens (tertiary/aromatic N) is 2. The van der Waals surface area contributed by atoms with Crippen LogP contribution in [-0.2, 0) is 4.74 Å². The molecule has 2 heterocycles. The number of aryl methyl sites for hydroxylation is 1. The van der Waals surface area contributed by atoms with E-state index < -0.39 is 6.10 Å². The van der Waals surface area contributed by atoms with Crippen molar-refractivity contribution in [1.82, 2.24) is 15.2 Å². The number of rotatable bonds is 3. The van der Waals surface area contributed by atoms with E-state index in [0.717, 1.165) is 27.9 Å². The maximum absolute atomic E-state index is 11.3. The highest BCUT2D eigenvalue weighted by Crippen LogP contribution is 2.37. The van der Waals surface area contributed by atoms with Crippen LogP contribution < -0.4 is 5.18 Å². The molecule has 4 rings (SSSR count). The molecule has 30 heavy (non-hydrogen) atoms. The van der Waals surface area contributed by atoms with Crippen LogP contribution >= 0.6 is 0 Å². The molecular weight excluding hydrogens is 384 g/mol. The second-order valence-electron chi connectivity index (χ2n) is 6.88. The average molecular weight is 411 g/mol. The molecule has 2 aromatic rings. The van der Waals surface area contributed by atoms with Gasteiger partial charge < -0.3 is 14.9 Å². The smallest absolute Gasteiger partial charge is 0.291 e. The fourth-order valence-corrected chi connectivity index (χ4v) is 3.75. The third-order valence-corrected chi connectivity index (χ3v) is 5.17. The summed E-state index contributed by atoms with van der Waals surface area (Å²) in [4.78, 5) is 16.0. The van der Waals surface area contributed by atoms with Crippen LogP contribution in [0.1, 0.15) is 55.1 Å². The van der Waals surface area contributed by atoms with Crippen LogP contribution in [0, 0.1) is 11.8 Å². The number of fused-ring (bicyclic) bond motifs is 3. The van der Waals surface area contributed by atoms with Gasteiger partial charge in [-0.15, -0.1) is 0 Å². The molecule has 2 aromatic heterocycles. The van der Waals surface area contributed by atoms with Gasteiger partial charge in [-0.2, -0.15) is 5.10 Å². The summed E-state index contributed by atoms with van der Waals surface area (Å²) in [5.41, 5.74) is 3.94. The van der Waals surface area contributed by atoms with Gasteiger partial charge >= 0.3 is 0 Å². The van der Waals surface area contributed by atoms with Gasteiger partial charge in [0, 0.05) is 38.7 Å². The summed E-state index contributed by atoms with van der Waals surface area (Å²) in [5.74, 6) is 0.145. The normalized spacial score (nSPS) is 20.6. The molecular formula is C22H27N4O4+. The van der Waals surface area contributed by atoms with Crippen molar-refractivity contribution in [3.05, 3.63) is 62.9 Å². The van der Waals surface area contributed by atoms with Gasteiger partial charge in [-0.25, -0.2) is 4.98 Å². The van der Waals surface area contributed by atoms with Crippen molar-refractivity contribution < 1.29 is 20.1 Å². The van der Waals surface area contributed by atoms with Crippen LogP contribution in [0.25, 0.3) is 23.2 Å². The van der Waals surface area contributed by atoms with Crippen LogP contribution in [0.2, 0.25) is 0 Å². The number of nitroso groups, excluding NO2 is 1. The molecule has 2 aliphatic carbocycles. The van der Waals surface area contributed by atoms with E-state index in [9.17, 15) is 15.1 Å². The zero-order chi connectivity index (χ0) is 21.8. The SMILES string of the molecule is CC.COC1=Cc2c(c(C3C=C([NH+]=O)C(O)=CCC3)nc3n[nH]c(C)c23)C=CC1O. The Morgan fingerprint density at radius 2 is 2.07 bits per heavy atom. The summed E-state index contributed by atoms with van der Waals surface area (Å²) >= 11 is 0. The highest BCUT2D eigenvalue weighted by Gasteiger charge is 2.27. The monoisotopic (exact) mass is 411 g/mol. The van der Waals surface area contributed by atoms with E-state index in [-0.39, 0.29) is 17.4 Å². The largest absolute Gasteiger partial charge is 0.502 e. The lowest BCUT2D eigenvalue weighted by molar-refractivity contribution is -0.421. The third-order valence-electron chi connectivity index (χ3n) is 5.17. The fourth-order valence-electron chi connectivity index (χ4n) is 3.75. The second-order valence-corrected chi connectivity index (χ2v) is 6.88. The van der Waals surface area contributed by atoms with Gasteiger partial charge in [-0.05, 0) is 43.6 Å². The maximum Gasteiger partial charge on any atom is 0.291 e. The number of allylic oxidation sites excluding steroid dienone is 2. The lowest BCUT2D eigenvalue weighted by Gasteiger charge is -2.16. The first kappa shape index (κ1) is 21.4. The van der Waals surface area contributed by atoms with Gasteiger partial charge in [0.15, 0.2) is 11.4 Å². The van der Waals surface area contributed by atoms with E-state index in [2.05, 4.69) is 10.2 Å². The van der Waals surface area contributed by atoms with Crippen molar-refractivity contribution in [3.8, 4) is 0 Å². The molecule has 8 nitrogen and oxygen atoms in total. The number of hydrogen-bond acceptors (Lipinski definition) is 6. The zero-order valence-electron chi connectivity index (χ0n) is 17.6. The molecule has 0 aliphatic heterocycles. The number of aliphatic hydroxyl groups is 2. The highest BCUT2D eigenvalue weighted by atomic mass is 16.5. The molecule has 0 bridgehead atoms. The van der Waals surface area contributed by atoms with Gasteiger partial charge in [-0.1, -0.05) is 19.9 Å². The van der Waals surface area contributed by atoms with Crippen LogP contribution in [0.3, 0.4) is 0 Å². The molecule has 4 N–H and O–H groups in total. The summed E-state index contributed by atoms with van der Waals surface area (Å²) in [6.07, 6.45) is 8.98. The zero-order valence-corrected chi connectivity index (χ0v) is 17.6. The van der Waals surface area contributed by atoms with Gasteiger partial charge in [0.05, 0.1) is 12.8 Å². The minimum Gasteiger partial charge on any atom is -0.502 e. The molecule has 0 saturated heterocycles. The molecule has 0 radical (unpaired) electrons. The third kappa shape index (κ3) is 3.78. The predicted octanol–water partition coefficient (Wildman–Crippen LogP) is 2.72. The Balaban J connectivity index is 0.00000124. The number of ether oxygens (including phenoxy) is 1. The van der Waals surface area contributed by atoms with Crippen molar-refractivity contribution in [3.63, 3.8) is 0 Å². The molecule has 2 atom stereocenters. The summed E-state index contributed by atoms with van der Waals surface area (Å²) in [6, 6.07) is 0. The first-order valence-electron chi connectivity index (χ1n) is 10.0. The molecule has 0 amide bonds. The van der Waals surface area contributed by atoms with Gasteiger partial charge in [-0.3, -0.25) is 5.10 Å². The maximum atomic E-state index is 11.3. The predicted molar refractivity (Wildman–Crippen MR) is 115 cm³/mol. The Hall–Kier alpha value is -3.26. The Labute approximate surface area is 174 Å². The number of aromatic nitrogens is 3. The van der Waals surface area contributed by atoms with E-state index in [4.69, 9.17) is 9.72 Å². The molecule has 8 heteroatoms. The lowest BCUT2D eigenvalue weighted by Crippen LogP contribution is -2.62. The summed E-state index contributed by atoms with van der Waals surface area (Å²) in [6.45, 7) is 5.91. The van der Waals surface area contributed by atoms with E-state index >= 15 is 0 Å². The Morgan fingerprint density at radius 3 is 2.77 bits per heavy atom. The first-order valence-corrected chi connectivity index (χ1v) is 10.0. The molecule has 2 aliphatic rings.